The molecule has 136 valence electrons. The number of hydrogen-bond donors (Lipinski definition) is 0. The molecule has 2 aromatic carbocycles. The lowest BCUT2D eigenvalue weighted by Crippen LogP contribution is -2.66. The summed E-state index contributed by atoms with van der Waals surface area (Å²) in [6.45, 7) is 11.0. The molecule has 3 aromatic rings. The maximum Gasteiger partial charge on any atom is 0.261 e. The largest absolute Gasteiger partial charge is 0.469 e. The third kappa shape index (κ3) is 3.29. The van der Waals surface area contributed by atoms with E-state index in [-0.39, 0.29) is 11.1 Å². The maximum absolute atomic E-state index is 7.08. The van der Waals surface area contributed by atoms with Crippen molar-refractivity contribution in [2.45, 2.75) is 45.8 Å². The van der Waals surface area contributed by atoms with Crippen LogP contribution in [-0.2, 0) is 4.43 Å². The van der Waals surface area contributed by atoms with Gasteiger partial charge in [0.1, 0.15) is 5.76 Å². The van der Waals surface area contributed by atoms with Gasteiger partial charge in [-0.1, -0.05) is 81.4 Å². The number of furan rings is 1. The van der Waals surface area contributed by atoms with Crippen LogP contribution < -0.4 is 10.4 Å². The van der Waals surface area contributed by atoms with Crippen molar-refractivity contribution in [2.24, 2.45) is 0 Å². The van der Waals surface area contributed by atoms with Crippen molar-refractivity contribution in [1.29, 1.82) is 0 Å². The van der Waals surface area contributed by atoms with Crippen LogP contribution in [0.25, 0.3) is 0 Å². The normalized spacial score (nSPS) is 13.6. The van der Waals surface area contributed by atoms with Crippen LogP contribution in [0.5, 0.6) is 0 Å². The van der Waals surface area contributed by atoms with Crippen LogP contribution in [0.4, 0.5) is 0 Å². The van der Waals surface area contributed by atoms with Crippen LogP contribution in [0.1, 0.15) is 45.1 Å². The topological polar surface area (TPSA) is 22.4 Å². The molecule has 0 radical (unpaired) electrons. The average molecular weight is 365 g/mol. The highest BCUT2D eigenvalue weighted by Crippen LogP contribution is 2.40. The standard InChI is InChI=1S/C23H28O2Si/c1-18-22(16-17-24-18)19(2)25-26(23(3,4)5,20-12-8-6-9-13-20)21-14-10-7-11-15-21/h6-17,19H,1-5H3. The lowest BCUT2D eigenvalue weighted by molar-refractivity contribution is 0.208. The molecule has 0 saturated heterocycles. The highest BCUT2D eigenvalue weighted by molar-refractivity contribution is 6.99. The molecule has 0 fully saturated rings. The van der Waals surface area contributed by atoms with E-state index in [1.165, 1.54) is 10.4 Å². The van der Waals surface area contributed by atoms with E-state index in [1.807, 2.05) is 13.0 Å². The summed E-state index contributed by atoms with van der Waals surface area (Å²) in [5, 5.41) is 2.57. The molecule has 0 spiro atoms. The van der Waals surface area contributed by atoms with E-state index in [4.69, 9.17) is 8.84 Å². The minimum absolute atomic E-state index is 0.0262. The van der Waals surface area contributed by atoms with Gasteiger partial charge < -0.3 is 8.84 Å². The predicted molar refractivity (Wildman–Crippen MR) is 111 cm³/mol. The first-order valence-corrected chi connectivity index (χ1v) is 11.1. The second-order valence-corrected chi connectivity index (χ2v) is 12.1. The Labute approximate surface area is 158 Å². The van der Waals surface area contributed by atoms with E-state index in [1.54, 1.807) is 6.26 Å². The minimum atomic E-state index is -2.53. The second kappa shape index (κ2) is 7.26. The Balaban J connectivity index is 2.19. The van der Waals surface area contributed by atoms with Crippen LogP contribution in [0, 0.1) is 6.92 Å². The number of benzene rings is 2. The molecule has 3 rings (SSSR count). The van der Waals surface area contributed by atoms with Crippen LogP contribution in [0.2, 0.25) is 5.04 Å². The van der Waals surface area contributed by atoms with Gasteiger partial charge in [-0.25, -0.2) is 0 Å². The van der Waals surface area contributed by atoms with Crippen LogP contribution >= 0.6 is 0 Å². The van der Waals surface area contributed by atoms with E-state index in [0.29, 0.717) is 0 Å². The van der Waals surface area contributed by atoms with E-state index in [2.05, 4.69) is 88.4 Å². The Kier molecular flexibility index (Phi) is 5.21. The number of hydrogen-bond acceptors (Lipinski definition) is 2. The summed E-state index contributed by atoms with van der Waals surface area (Å²) in [6, 6.07) is 23.5. The van der Waals surface area contributed by atoms with Crippen LogP contribution in [0.15, 0.2) is 77.4 Å². The molecular weight excluding hydrogens is 336 g/mol. The van der Waals surface area contributed by atoms with E-state index in [0.717, 1.165) is 11.3 Å². The fourth-order valence-electron chi connectivity index (χ4n) is 3.84. The fourth-order valence-corrected chi connectivity index (χ4v) is 8.51. The number of rotatable bonds is 5. The lowest BCUT2D eigenvalue weighted by atomic mass is 10.2. The quantitative estimate of drug-likeness (QED) is 0.579. The Hall–Kier alpha value is -2.10. The van der Waals surface area contributed by atoms with Gasteiger partial charge in [0.2, 0.25) is 0 Å². The zero-order valence-corrected chi connectivity index (χ0v) is 17.3. The highest BCUT2D eigenvalue weighted by atomic mass is 28.4. The van der Waals surface area contributed by atoms with E-state index < -0.39 is 8.32 Å². The molecule has 0 saturated carbocycles. The molecule has 0 aliphatic heterocycles. The monoisotopic (exact) mass is 364 g/mol. The van der Waals surface area contributed by atoms with Gasteiger partial charge in [0.25, 0.3) is 8.32 Å². The fraction of sp³-hybridized carbons (Fsp3) is 0.304. The molecule has 0 N–H and O–H groups in total. The predicted octanol–water partition coefficient (Wildman–Crippen LogP) is 5.23. The first kappa shape index (κ1) is 18.7. The van der Waals surface area contributed by atoms with Crippen molar-refractivity contribution in [1.82, 2.24) is 0 Å². The molecule has 0 bridgehead atoms. The molecule has 1 aromatic heterocycles. The lowest BCUT2D eigenvalue weighted by Gasteiger charge is -2.44. The molecule has 0 aliphatic rings. The van der Waals surface area contributed by atoms with Crippen molar-refractivity contribution < 1.29 is 8.84 Å². The van der Waals surface area contributed by atoms with Crippen molar-refractivity contribution in [3.05, 3.63) is 84.3 Å². The minimum Gasteiger partial charge on any atom is -0.469 e. The summed E-state index contributed by atoms with van der Waals surface area (Å²) >= 11 is 0. The SMILES string of the molecule is Cc1occc1C(C)O[Si](c1ccccc1)(c1ccccc1)C(C)(C)C. The first-order valence-electron chi connectivity index (χ1n) is 9.19. The zero-order chi connectivity index (χ0) is 18.8. The summed E-state index contributed by atoms with van der Waals surface area (Å²) in [4.78, 5) is 0. The van der Waals surface area contributed by atoms with Crippen LogP contribution in [-0.4, -0.2) is 8.32 Å². The summed E-state index contributed by atoms with van der Waals surface area (Å²) in [5.74, 6) is 0.926. The molecule has 1 atom stereocenters. The Morgan fingerprint density at radius 3 is 1.73 bits per heavy atom. The van der Waals surface area contributed by atoms with E-state index in [9.17, 15) is 0 Å². The third-order valence-electron chi connectivity index (χ3n) is 5.11. The maximum atomic E-state index is 7.08. The molecular formula is C23H28O2Si. The molecule has 1 unspecified atom stereocenters. The van der Waals surface area contributed by atoms with Gasteiger partial charge in [-0.05, 0) is 35.3 Å². The van der Waals surface area contributed by atoms with Gasteiger partial charge in [-0.15, -0.1) is 0 Å². The Bertz CT molecular complexity index is 792. The van der Waals surface area contributed by atoms with Gasteiger partial charge >= 0.3 is 0 Å². The summed E-state index contributed by atoms with van der Waals surface area (Å²) in [5.41, 5.74) is 1.12. The van der Waals surface area contributed by atoms with E-state index >= 15 is 0 Å². The average Bonchev–Trinajstić information content (AvgIpc) is 3.06. The smallest absolute Gasteiger partial charge is 0.261 e. The Morgan fingerprint density at radius 2 is 1.35 bits per heavy atom. The van der Waals surface area contributed by atoms with Gasteiger partial charge in [0.15, 0.2) is 0 Å². The first-order chi connectivity index (χ1) is 12.4. The Morgan fingerprint density at radius 1 is 0.846 bits per heavy atom. The van der Waals surface area contributed by atoms with Gasteiger partial charge in [-0.3, -0.25) is 0 Å². The molecule has 0 amide bonds. The second-order valence-electron chi connectivity index (χ2n) is 7.86. The van der Waals surface area contributed by atoms with Crippen molar-refractivity contribution in [3.63, 3.8) is 0 Å². The number of aryl methyl sites for hydroxylation is 1. The molecule has 2 nitrogen and oxygen atoms in total. The van der Waals surface area contributed by atoms with Crippen molar-refractivity contribution in [3.8, 4) is 0 Å². The summed E-state index contributed by atoms with van der Waals surface area (Å²) in [6.07, 6.45) is 1.70. The molecule has 3 heteroatoms. The van der Waals surface area contributed by atoms with Gasteiger partial charge in [0, 0.05) is 5.56 Å². The molecule has 0 aliphatic carbocycles. The summed E-state index contributed by atoms with van der Waals surface area (Å²) < 4.78 is 12.6. The summed E-state index contributed by atoms with van der Waals surface area (Å²) in [7, 11) is -2.53. The van der Waals surface area contributed by atoms with Crippen molar-refractivity contribution >= 4 is 18.7 Å². The zero-order valence-electron chi connectivity index (χ0n) is 16.3. The molecule has 26 heavy (non-hydrogen) atoms. The highest BCUT2D eigenvalue weighted by Gasteiger charge is 2.51. The van der Waals surface area contributed by atoms with Gasteiger partial charge in [0.05, 0.1) is 12.4 Å². The third-order valence-corrected chi connectivity index (χ3v) is 10.2. The molecule has 1 heterocycles. The van der Waals surface area contributed by atoms with Crippen molar-refractivity contribution in [2.75, 3.05) is 0 Å². The van der Waals surface area contributed by atoms with Crippen LogP contribution in [0.3, 0.4) is 0 Å². The van der Waals surface area contributed by atoms with Gasteiger partial charge in [-0.2, -0.15) is 0 Å².